The summed E-state index contributed by atoms with van der Waals surface area (Å²) in [6.07, 6.45) is 5.14. The Labute approximate surface area is 67.6 Å². The maximum Gasteiger partial charge on any atom is 0.303 e. The van der Waals surface area contributed by atoms with Gasteiger partial charge in [-0.05, 0) is 18.3 Å². The van der Waals surface area contributed by atoms with Crippen LogP contribution in [0.15, 0.2) is 0 Å². The van der Waals surface area contributed by atoms with E-state index in [2.05, 4.69) is 6.92 Å². The normalized spacial score (nSPS) is 30.6. The highest BCUT2D eigenvalue weighted by Crippen LogP contribution is 2.35. The lowest BCUT2D eigenvalue weighted by Crippen LogP contribution is -2.11. The van der Waals surface area contributed by atoms with Gasteiger partial charge in [-0.2, -0.15) is 0 Å². The SMILES string of the molecule is CC[C@H]1CCC[C@H]1CC(=O)O. The maximum atomic E-state index is 10.4. The third kappa shape index (κ3) is 2.21. The van der Waals surface area contributed by atoms with Gasteiger partial charge in [0.1, 0.15) is 0 Å². The first-order valence-corrected chi connectivity index (χ1v) is 4.45. The molecule has 1 aliphatic carbocycles. The zero-order valence-corrected chi connectivity index (χ0v) is 7.05. The summed E-state index contributed by atoms with van der Waals surface area (Å²) in [6.45, 7) is 2.16. The molecule has 0 amide bonds. The molecule has 0 aromatic heterocycles. The van der Waals surface area contributed by atoms with Crippen molar-refractivity contribution in [2.45, 2.75) is 39.0 Å². The van der Waals surface area contributed by atoms with Gasteiger partial charge in [-0.3, -0.25) is 4.79 Å². The largest absolute Gasteiger partial charge is 0.481 e. The van der Waals surface area contributed by atoms with E-state index < -0.39 is 5.97 Å². The summed E-state index contributed by atoms with van der Waals surface area (Å²) < 4.78 is 0. The molecule has 1 rings (SSSR count). The van der Waals surface area contributed by atoms with Crippen LogP contribution in [0.4, 0.5) is 0 Å². The molecular weight excluding hydrogens is 140 g/mol. The van der Waals surface area contributed by atoms with Gasteiger partial charge in [0.15, 0.2) is 0 Å². The van der Waals surface area contributed by atoms with Gasteiger partial charge < -0.3 is 5.11 Å². The van der Waals surface area contributed by atoms with Crippen LogP contribution in [0.3, 0.4) is 0 Å². The predicted molar refractivity (Wildman–Crippen MR) is 43.4 cm³/mol. The van der Waals surface area contributed by atoms with Gasteiger partial charge in [0, 0.05) is 6.42 Å². The van der Waals surface area contributed by atoms with Crippen molar-refractivity contribution in [2.24, 2.45) is 11.8 Å². The van der Waals surface area contributed by atoms with Gasteiger partial charge in [-0.15, -0.1) is 0 Å². The number of aliphatic carboxylic acids is 1. The first kappa shape index (κ1) is 8.57. The monoisotopic (exact) mass is 156 g/mol. The summed E-state index contributed by atoms with van der Waals surface area (Å²) in [4.78, 5) is 10.4. The topological polar surface area (TPSA) is 37.3 Å². The van der Waals surface area contributed by atoms with Crippen LogP contribution in [-0.2, 0) is 4.79 Å². The van der Waals surface area contributed by atoms with Crippen molar-refractivity contribution in [2.75, 3.05) is 0 Å². The molecule has 0 saturated heterocycles. The summed E-state index contributed by atoms with van der Waals surface area (Å²) >= 11 is 0. The Morgan fingerprint density at radius 2 is 2.09 bits per heavy atom. The maximum absolute atomic E-state index is 10.4. The van der Waals surface area contributed by atoms with Crippen molar-refractivity contribution < 1.29 is 9.90 Å². The quantitative estimate of drug-likeness (QED) is 0.680. The van der Waals surface area contributed by atoms with E-state index in [-0.39, 0.29) is 0 Å². The Morgan fingerprint density at radius 1 is 1.45 bits per heavy atom. The Bertz CT molecular complexity index is 142. The second-order valence-corrected chi connectivity index (χ2v) is 3.46. The van der Waals surface area contributed by atoms with Crippen LogP contribution in [0.5, 0.6) is 0 Å². The van der Waals surface area contributed by atoms with E-state index in [0.29, 0.717) is 18.3 Å². The number of rotatable bonds is 3. The van der Waals surface area contributed by atoms with Crippen LogP contribution >= 0.6 is 0 Å². The highest BCUT2D eigenvalue weighted by molar-refractivity contribution is 5.67. The lowest BCUT2D eigenvalue weighted by Gasteiger charge is -2.14. The molecule has 1 N–H and O–H groups in total. The lowest BCUT2D eigenvalue weighted by molar-refractivity contribution is -0.138. The summed E-state index contributed by atoms with van der Waals surface area (Å²) in [5, 5.41) is 8.59. The molecule has 0 radical (unpaired) electrons. The Morgan fingerprint density at radius 3 is 2.64 bits per heavy atom. The zero-order valence-electron chi connectivity index (χ0n) is 7.05. The van der Waals surface area contributed by atoms with E-state index in [1.54, 1.807) is 0 Å². The zero-order chi connectivity index (χ0) is 8.27. The molecule has 0 spiro atoms. The minimum Gasteiger partial charge on any atom is -0.481 e. The molecule has 2 heteroatoms. The molecule has 0 aromatic rings. The van der Waals surface area contributed by atoms with Crippen LogP contribution in [-0.4, -0.2) is 11.1 Å². The minimum absolute atomic E-state index is 0.387. The van der Waals surface area contributed by atoms with Gasteiger partial charge in [-0.25, -0.2) is 0 Å². The third-order valence-corrected chi connectivity index (χ3v) is 2.78. The number of hydrogen-bond acceptors (Lipinski definition) is 1. The van der Waals surface area contributed by atoms with E-state index in [1.165, 1.54) is 12.8 Å². The first-order chi connectivity index (χ1) is 5.24. The van der Waals surface area contributed by atoms with Crippen LogP contribution in [0.2, 0.25) is 0 Å². The minimum atomic E-state index is -0.629. The summed E-state index contributed by atoms with van der Waals surface area (Å²) in [5.74, 6) is 0.527. The van der Waals surface area contributed by atoms with Gasteiger partial charge >= 0.3 is 5.97 Å². The summed E-state index contributed by atoms with van der Waals surface area (Å²) in [7, 11) is 0. The fraction of sp³-hybridized carbons (Fsp3) is 0.889. The van der Waals surface area contributed by atoms with Gasteiger partial charge in [-0.1, -0.05) is 26.2 Å². The van der Waals surface area contributed by atoms with Crippen LogP contribution in [0.25, 0.3) is 0 Å². The number of carbonyl (C=O) groups is 1. The fourth-order valence-corrected chi connectivity index (χ4v) is 2.14. The average Bonchev–Trinajstić information content (AvgIpc) is 2.34. The van der Waals surface area contributed by atoms with Gasteiger partial charge in [0.2, 0.25) is 0 Å². The molecule has 1 saturated carbocycles. The smallest absolute Gasteiger partial charge is 0.303 e. The molecule has 1 fully saturated rings. The van der Waals surface area contributed by atoms with Crippen molar-refractivity contribution in [3.05, 3.63) is 0 Å². The van der Waals surface area contributed by atoms with E-state index >= 15 is 0 Å². The summed E-state index contributed by atoms with van der Waals surface area (Å²) in [5.41, 5.74) is 0. The second kappa shape index (κ2) is 3.74. The highest BCUT2D eigenvalue weighted by atomic mass is 16.4. The summed E-state index contributed by atoms with van der Waals surface area (Å²) in [6, 6.07) is 0. The van der Waals surface area contributed by atoms with Crippen molar-refractivity contribution in [1.29, 1.82) is 0 Å². The van der Waals surface area contributed by atoms with E-state index in [4.69, 9.17) is 5.11 Å². The molecule has 0 unspecified atom stereocenters. The lowest BCUT2D eigenvalue weighted by atomic mass is 9.91. The Kier molecular flexibility index (Phi) is 2.92. The fourth-order valence-electron chi connectivity index (χ4n) is 2.14. The van der Waals surface area contributed by atoms with Crippen molar-refractivity contribution in [3.63, 3.8) is 0 Å². The van der Waals surface area contributed by atoms with Crippen LogP contribution < -0.4 is 0 Å². The Balaban J connectivity index is 2.37. The molecule has 2 nitrogen and oxygen atoms in total. The molecule has 11 heavy (non-hydrogen) atoms. The first-order valence-electron chi connectivity index (χ1n) is 4.45. The van der Waals surface area contributed by atoms with E-state index in [9.17, 15) is 4.79 Å². The van der Waals surface area contributed by atoms with Gasteiger partial charge in [0.05, 0.1) is 0 Å². The highest BCUT2D eigenvalue weighted by Gasteiger charge is 2.27. The number of carboxylic acids is 1. The number of hydrogen-bond donors (Lipinski definition) is 1. The molecule has 1 aliphatic rings. The standard InChI is InChI=1S/C9H16O2/c1-2-7-4-3-5-8(7)6-9(10)11/h7-8H,2-6H2,1H3,(H,10,11)/t7-,8-/m0/s1. The van der Waals surface area contributed by atoms with Crippen LogP contribution in [0.1, 0.15) is 39.0 Å². The van der Waals surface area contributed by atoms with Gasteiger partial charge in [0.25, 0.3) is 0 Å². The van der Waals surface area contributed by atoms with Crippen molar-refractivity contribution in [3.8, 4) is 0 Å². The molecule has 0 bridgehead atoms. The second-order valence-electron chi connectivity index (χ2n) is 3.46. The predicted octanol–water partition coefficient (Wildman–Crippen LogP) is 2.29. The molecular formula is C9H16O2. The average molecular weight is 156 g/mol. The molecule has 0 aromatic carbocycles. The molecule has 0 heterocycles. The van der Waals surface area contributed by atoms with E-state index in [1.807, 2.05) is 0 Å². The number of carboxylic acid groups (broad SMARTS) is 1. The molecule has 2 atom stereocenters. The van der Waals surface area contributed by atoms with Crippen molar-refractivity contribution in [1.82, 2.24) is 0 Å². The molecule has 0 aliphatic heterocycles. The Hall–Kier alpha value is -0.530. The van der Waals surface area contributed by atoms with Crippen molar-refractivity contribution >= 4 is 5.97 Å². The van der Waals surface area contributed by atoms with E-state index in [0.717, 1.165) is 12.8 Å². The molecule has 64 valence electrons. The van der Waals surface area contributed by atoms with Crippen LogP contribution in [0, 0.1) is 11.8 Å². The third-order valence-electron chi connectivity index (χ3n) is 2.78.